The van der Waals surface area contributed by atoms with Crippen LogP contribution >= 0.6 is 11.3 Å². The summed E-state index contributed by atoms with van der Waals surface area (Å²) in [6.45, 7) is 4.35. The van der Waals surface area contributed by atoms with Crippen molar-refractivity contribution in [2.45, 2.75) is 26.9 Å². The monoisotopic (exact) mass is 261 g/mol. The van der Waals surface area contributed by atoms with E-state index >= 15 is 0 Å². The van der Waals surface area contributed by atoms with Gasteiger partial charge in [0.2, 0.25) is 0 Å². The van der Waals surface area contributed by atoms with Crippen LogP contribution in [0, 0.1) is 6.92 Å². The van der Waals surface area contributed by atoms with E-state index in [1.54, 1.807) is 23.5 Å². The van der Waals surface area contributed by atoms with Crippen LogP contribution in [0.15, 0.2) is 30.5 Å². The highest BCUT2D eigenvalue weighted by molar-refractivity contribution is 7.11. The number of benzene rings is 1. The lowest BCUT2D eigenvalue weighted by atomic mass is 10.1. The van der Waals surface area contributed by atoms with Gasteiger partial charge in [-0.25, -0.2) is 4.98 Å². The van der Waals surface area contributed by atoms with Gasteiger partial charge in [0.15, 0.2) is 5.78 Å². The first-order valence-corrected chi connectivity index (χ1v) is 6.68. The molecule has 0 saturated carbocycles. The standard InChI is InChI=1S/C14H15NO2S/c1-3-14(16)11-4-6-12(7-5-11)17-9-13-8-15-10(2)18-13/h4-8H,3,9H2,1-2H3. The molecule has 0 bridgehead atoms. The molecule has 0 radical (unpaired) electrons. The molecule has 0 aliphatic carbocycles. The van der Waals surface area contributed by atoms with Crippen molar-refractivity contribution in [2.75, 3.05) is 0 Å². The maximum atomic E-state index is 11.5. The third-order valence-corrected chi connectivity index (χ3v) is 3.43. The molecule has 94 valence electrons. The van der Waals surface area contributed by atoms with E-state index in [2.05, 4.69) is 4.98 Å². The fourth-order valence-corrected chi connectivity index (χ4v) is 2.28. The Kier molecular flexibility index (Phi) is 4.10. The zero-order valence-electron chi connectivity index (χ0n) is 10.5. The minimum absolute atomic E-state index is 0.152. The molecule has 1 aromatic carbocycles. The van der Waals surface area contributed by atoms with Crippen LogP contribution in [0.1, 0.15) is 33.6 Å². The zero-order valence-corrected chi connectivity index (χ0v) is 11.3. The third-order valence-electron chi connectivity index (χ3n) is 2.55. The van der Waals surface area contributed by atoms with Crippen molar-refractivity contribution in [2.24, 2.45) is 0 Å². The normalized spacial score (nSPS) is 10.3. The van der Waals surface area contributed by atoms with Crippen molar-refractivity contribution in [3.05, 3.63) is 45.9 Å². The van der Waals surface area contributed by atoms with Crippen LogP contribution in [0.4, 0.5) is 0 Å². The van der Waals surface area contributed by atoms with E-state index in [1.807, 2.05) is 32.2 Å². The van der Waals surface area contributed by atoms with E-state index in [9.17, 15) is 4.79 Å². The third kappa shape index (κ3) is 3.17. The Bertz CT molecular complexity index is 531. The Hall–Kier alpha value is -1.68. The maximum absolute atomic E-state index is 11.5. The fraction of sp³-hybridized carbons (Fsp3) is 0.286. The number of rotatable bonds is 5. The van der Waals surface area contributed by atoms with Gasteiger partial charge in [-0.3, -0.25) is 4.79 Å². The van der Waals surface area contributed by atoms with Gasteiger partial charge in [-0.15, -0.1) is 11.3 Å². The number of ether oxygens (including phenoxy) is 1. The Balaban J connectivity index is 1.96. The smallest absolute Gasteiger partial charge is 0.162 e. The van der Waals surface area contributed by atoms with Crippen molar-refractivity contribution < 1.29 is 9.53 Å². The summed E-state index contributed by atoms with van der Waals surface area (Å²) in [6.07, 6.45) is 2.36. The zero-order chi connectivity index (χ0) is 13.0. The minimum atomic E-state index is 0.152. The van der Waals surface area contributed by atoms with Crippen LogP contribution in [0.2, 0.25) is 0 Å². The fourth-order valence-electron chi connectivity index (χ4n) is 1.57. The van der Waals surface area contributed by atoms with Gasteiger partial charge in [0.1, 0.15) is 12.4 Å². The molecule has 0 amide bonds. The Morgan fingerprint density at radius 3 is 2.61 bits per heavy atom. The Labute approximate surface area is 110 Å². The molecule has 18 heavy (non-hydrogen) atoms. The minimum Gasteiger partial charge on any atom is -0.488 e. The molecule has 1 heterocycles. The first kappa shape index (κ1) is 12.8. The van der Waals surface area contributed by atoms with Crippen LogP contribution in [0.3, 0.4) is 0 Å². The number of hydrogen-bond acceptors (Lipinski definition) is 4. The molecule has 1 aromatic heterocycles. The Morgan fingerprint density at radius 1 is 1.33 bits per heavy atom. The molecular weight excluding hydrogens is 246 g/mol. The summed E-state index contributed by atoms with van der Waals surface area (Å²) in [5.41, 5.74) is 0.735. The highest BCUT2D eigenvalue weighted by Gasteiger charge is 2.03. The molecule has 0 saturated heterocycles. The van der Waals surface area contributed by atoms with E-state index in [-0.39, 0.29) is 5.78 Å². The summed E-state index contributed by atoms with van der Waals surface area (Å²) >= 11 is 1.63. The lowest BCUT2D eigenvalue weighted by Crippen LogP contribution is -1.97. The van der Waals surface area contributed by atoms with E-state index in [0.29, 0.717) is 13.0 Å². The Morgan fingerprint density at radius 2 is 2.06 bits per heavy atom. The molecule has 2 rings (SSSR count). The molecule has 0 fully saturated rings. The highest BCUT2D eigenvalue weighted by Crippen LogP contribution is 2.17. The summed E-state index contributed by atoms with van der Waals surface area (Å²) in [7, 11) is 0. The largest absolute Gasteiger partial charge is 0.488 e. The van der Waals surface area contributed by atoms with Crippen LogP contribution < -0.4 is 4.74 Å². The average Bonchev–Trinajstić information content (AvgIpc) is 2.82. The number of ketones is 1. The van der Waals surface area contributed by atoms with Crippen LogP contribution in [0.25, 0.3) is 0 Å². The van der Waals surface area contributed by atoms with Crippen molar-refractivity contribution in [3.63, 3.8) is 0 Å². The molecule has 0 aliphatic heterocycles. The van der Waals surface area contributed by atoms with Crippen molar-refractivity contribution in [3.8, 4) is 5.75 Å². The summed E-state index contributed by atoms with van der Waals surface area (Å²) in [6, 6.07) is 7.27. The molecule has 4 heteroatoms. The number of hydrogen-bond donors (Lipinski definition) is 0. The van der Waals surface area contributed by atoms with Gasteiger partial charge < -0.3 is 4.74 Å². The van der Waals surface area contributed by atoms with Gasteiger partial charge in [-0.2, -0.15) is 0 Å². The van der Waals surface area contributed by atoms with Crippen molar-refractivity contribution >= 4 is 17.1 Å². The van der Waals surface area contributed by atoms with E-state index < -0.39 is 0 Å². The predicted octanol–water partition coefficient (Wildman–Crippen LogP) is 3.62. The number of carbonyl (C=O) groups excluding carboxylic acids is 1. The average molecular weight is 261 g/mol. The molecule has 2 aromatic rings. The summed E-state index contributed by atoms with van der Waals surface area (Å²) in [4.78, 5) is 16.7. The van der Waals surface area contributed by atoms with Crippen LogP contribution in [-0.2, 0) is 6.61 Å². The van der Waals surface area contributed by atoms with Gasteiger partial charge in [0.05, 0.1) is 9.88 Å². The first-order valence-electron chi connectivity index (χ1n) is 5.86. The second-order valence-corrected chi connectivity index (χ2v) is 5.25. The quantitative estimate of drug-likeness (QED) is 0.772. The molecular formula is C14H15NO2S. The van der Waals surface area contributed by atoms with E-state index in [0.717, 1.165) is 21.2 Å². The molecule has 0 unspecified atom stereocenters. The number of nitrogens with zero attached hydrogens (tertiary/aromatic N) is 1. The number of aryl methyl sites for hydroxylation is 1. The van der Waals surface area contributed by atoms with Crippen LogP contribution in [0.5, 0.6) is 5.75 Å². The van der Waals surface area contributed by atoms with Crippen molar-refractivity contribution in [1.82, 2.24) is 4.98 Å². The second-order valence-electron chi connectivity index (χ2n) is 3.94. The van der Waals surface area contributed by atoms with E-state index in [1.165, 1.54) is 0 Å². The first-order chi connectivity index (χ1) is 8.69. The number of carbonyl (C=O) groups is 1. The number of Topliss-reactive ketones (excluding diaryl/α,β-unsaturated/α-hetero) is 1. The summed E-state index contributed by atoms with van der Waals surface area (Å²) in [5.74, 6) is 0.924. The summed E-state index contributed by atoms with van der Waals surface area (Å²) < 4.78 is 5.63. The van der Waals surface area contributed by atoms with Gasteiger partial charge in [0, 0.05) is 18.2 Å². The maximum Gasteiger partial charge on any atom is 0.162 e. The van der Waals surface area contributed by atoms with Gasteiger partial charge in [0.25, 0.3) is 0 Å². The highest BCUT2D eigenvalue weighted by atomic mass is 32.1. The van der Waals surface area contributed by atoms with Gasteiger partial charge in [-0.1, -0.05) is 6.92 Å². The van der Waals surface area contributed by atoms with E-state index in [4.69, 9.17) is 4.74 Å². The number of aromatic nitrogens is 1. The van der Waals surface area contributed by atoms with Crippen molar-refractivity contribution in [1.29, 1.82) is 0 Å². The van der Waals surface area contributed by atoms with Gasteiger partial charge >= 0.3 is 0 Å². The topological polar surface area (TPSA) is 39.2 Å². The molecule has 0 N–H and O–H groups in total. The second kappa shape index (κ2) is 5.78. The number of thiazole rings is 1. The predicted molar refractivity (Wildman–Crippen MR) is 72.2 cm³/mol. The SMILES string of the molecule is CCC(=O)c1ccc(OCc2cnc(C)s2)cc1. The van der Waals surface area contributed by atoms with Gasteiger partial charge in [-0.05, 0) is 31.2 Å². The molecule has 0 spiro atoms. The molecule has 3 nitrogen and oxygen atoms in total. The lowest BCUT2D eigenvalue weighted by Gasteiger charge is -2.05. The molecule has 0 atom stereocenters. The molecule has 0 aliphatic rings. The summed E-state index contributed by atoms with van der Waals surface area (Å²) in [5, 5.41) is 1.04. The van der Waals surface area contributed by atoms with Crippen LogP contribution in [-0.4, -0.2) is 10.8 Å². The lowest BCUT2D eigenvalue weighted by molar-refractivity contribution is 0.0988.